The van der Waals surface area contributed by atoms with E-state index in [-0.39, 0.29) is 27.4 Å². The molecule has 10 nitrogen and oxygen atoms in total. The third-order valence-electron chi connectivity index (χ3n) is 9.83. The number of carbonyl (C=O) groups excluding carboxylic acids is 1. The van der Waals surface area contributed by atoms with Gasteiger partial charge < -0.3 is 14.6 Å². The van der Waals surface area contributed by atoms with E-state index in [4.69, 9.17) is 16.3 Å². The number of nitrogens with zero attached hydrogens (tertiary/aromatic N) is 4. The summed E-state index contributed by atoms with van der Waals surface area (Å²) in [6.07, 6.45) is 6.48. The van der Waals surface area contributed by atoms with E-state index in [9.17, 15) is 17.6 Å². The molecule has 4 heterocycles. The molecular formula is C39H40ClFN6O4S. The number of hydrogen-bond acceptors (Lipinski definition) is 8. The van der Waals surface area contributed by atoms with Crippen LogP contribution in [0.15, 0.2) is 89.6 Å². The van der Waals surface area contributed by atoms with Gasteiger partial charge in [0.05, 0.1) is 11.9 Å². The van der Waals surface area contributed by atoms with E-state index in [0.29, 0.717) is 11.4 Å². The molecule has 1 saturated heterocycles. The lowest BCUT2D eigenvalue weighted by Gasteiger charge is -2.39. The first kappa shape index (κ1) is 35.6. The highest BCUT2D eigenvalue weighted by atomic mass is 35.5. The van der Waals surface area contributed by atoms with Gasteiger partial charge >= 0.3 is 0 Å². The number of aromatic amines is 1. The van der Waals surface area contributed by atoms with Crippen molar-refractivity contribution < 1.29 is 22.3 Å². The van der Waals surface area contributed by atoms with Crippen molar-refractivity contribution in [3.63, 3.8) is 0 Å². The normalized spacial score (nSPS) is 16.7. The molecule has 2 aromatic carbocycles. The minimum Gasteiger partial charge on any atom is -0.454 e. The van der Waals surface area contributed by atoms with Crippen molar-refractivity contribution in [3.05, 3.63) is 112 Å². The Labute approximate surface area is 307 Å². The zero-order valence-electron chi connectivity index (χ0n) is 29.2. The van der Waals surface area contributed by atoms with Crippen LogP contribution in [-0.2, 0) is 10.0 Å². The molecule has 0 radical (unpaired) electrons. The van der Waals surface area contributed by atoms with Crippen molar-refractivity contribution in [3.8, 4) is 11.5 Å². The van der Waals surface area contributed by atoms with Crippen molar-refractivity contribution in [1.29, 1.82) is 0 Å². The Morgan fingerprint density at radius 1 is 1.04 bits per heavy atom. The van der Waals surface area contributed by atoms with Crippen LogP contribution >= 0.6 is 11.6 Å². The third kappa shape index (κ3) is 7.84. The first-order valence-corrected chi connectivity index (χ1v) is 19.1. The Balaban J connectivity index is 1.12. The van der Waals surface area contributed by atoms with Crippen molar-refractivity contribution >= 4 is 49.8 Å². The number of aromatic nitrogens is 3. The number of sulfonamides is 1. The van der Waals surface area contributed by atoms with Crippen LogP contribution in [0.5, 0.6) is 11.5 Å². The van der Waals surface area contributed by atoms with Crippen molar-refractivity contribution in [1.82, 2.24) is 24.6 Å². The van der Waals surface area contributed by atoms with Gasteiger partial charge in [-0.05, 0) is 91.3 Å². The average Bonchev–Trinajstić information content (AvgIpc) is 3.59. The summed E-state index contributed by atoms with van der Waals surface area (Å²) in [6.45, 7) is 10.1. The summed E-state index contributed by atoms with van der Waals surface area (Å²) in [4.78, 5) is 28.7. The number of ether oxygens (including phenoxy) is 1. The SMILES string of the molecule is Cc1nc(C(=O)NS(=O)(=O)c2ccc(N3CCN(CC4=C(c5ccc(Cl)cc5)CC(C)(C)CC4)CC3)cc2Oc2cnc3[nH]ccc3c2)ccc1F. The summed E-state index contributed by atoms with van der Waals surface area (Å²) in [7, 11) is -4.45. The van der Waals surface area contributed by atoms with E-state index in [1.165, 1.54) is 35.9 Å². The average molecular weight is 743 g/mol. The molecule has 0 atom stereocenters. The summed E-state index contributed by atoms with van der Waals surface area (Å²) < 4.78 is 49.4. The maximum absolute atomic E-state index is 13.8. The Hall–Kier alpha value is -4.78. The van der Waals surface area contributed by atoms with Gasteiger partial charge in [0, 0.05) is 61.1 Å². The molecule has 1 aliphatic heterocycles. The van der Waals surface area contributed by atoms with Gasteiger partial charge in [0.2, 0.25) is 0 Å². The molecule has 13 heteroatoms. The van der Waals surface area contributed by atoms with E-state index < -0.39 is 21.7 Å². The smallest absolute Gasteiger partial charge is 0.283 e. The van der Waals surface area contributed by atoms with Crippen LogP contribution in [0.4, 0.5) is 10.1 Å². The Morgan fingerprint density at radius 3 is 2.56 bits per heavy atom. The summed E-state index contributed by atoms with van der Waals surface area (Å²) in [5, 5.41) is 1.52. The van der Waals surface area contributed by atoms with Gasteiger partial charge in [0.25, 0.3) is 15.9 Å². The van der Waals surface area contributed by atoms with Gasteiger partial charge in [-0.15, -0.1) is 0 Å². The van der Waals surface area contributed by atoms with Gasteiger partial charge in [-0.3, -0.25) is 9.69 Å². The minimum absolute atomic E-state index is 0.0208. The number of anilines is 1. The quantitative estimate of drug-likeness (QED) is 0.157. The molecular weight excluding hydrogens is 703 g/mol. The van der Waals surface area contributed by atoms with Crippen LogP contribution < -0.4 is 14.4 Å². The molecule has 52 heavy (non-hydrogen) atoms. The van der Waals surface area contributed by atoms with Gasteiger partial charge in [0.1, 0.15) is 33.6 Å². The van der Waals surface area contributed by atoms with Crippen LogP contribution in [-0.4, -0.2) is 66.9 Å². The van der Waals surface area contributed by atoms with Crippen LogP contribution in [0.3, 0.4) is 0 Å². The molecule has 0 unspecified atom stereocenters. The standard InChI is InChI=1S/C39H40ClFN6O4S/c1-25-33(41)9-10-34(44-25)38(48)45-52(49,50)36-11-8-30(21-35(36)51-31-20-27-13-15-42-37(27)43-23-31)47-18-16-46(17-19-47)24-28-12-14-39(2,3)22-32(28)26-4-6-29(40)7-5-26/h4-11,13,15,20-21,23H,12,14,16-19,22,24H2,1-3H3,(H,42,43)(H,45,48). The van der Waals surface area contributed by atoms with Crippen LogP contribution in [0.25, 0.3) is 16.6 Å². The molecule has 1 amide bonds. The summed E-state index contributed by atoms with van der Waals surface area (Å²) in [6, 6.07) is 18.8. The number of nitrogens with one attached hydrogen (secondary N) is 2. The molecule has 2 N–H and O–H groups in total. The maximum Gasteiger partial charge on any atom is 0.283 e. The highest BCUT2D eigenvalue weighted by molar-refractivity contribution is 7.90. The molecule has 7 rings (SSSR count). The number of fused-ring (bicyclic) bond motifs is 1. The second kappa shape index (κ2) is 14.3. The Kier molecular flexibility index (Phi) is 9.81. The third-order valence-corrected chi connectivity index (χ3v) is 11.5. The topological polar surface area (TPSA) is 121 Å². The van der Waals surface area contributed by atoms with Crippen molar-refractivity contribution in [2.45, 2.75) is 44.9 Å². The highest BCUT2D eigenvalue weighted by Crippen LogP contribution is 2.43. The lowest BCUT2D eigenvalue weighted by atomic mass is 9.72. The summed E-state index contributed by atoms with van der Waals surface area (Å²) in [5.41, 5.74) is 5.56. The maximum atomic E-state index is 13.8. The first-order valence-electron chi connectivity index (χ1n) is 17.2. The number of amides is 1. The van der Waals surface area contributed by atoms with Gasteiger partial charge in [-0.2, -0.15) is 0 Å². The molecule has 3 aromatic heterocycles. The minimum atomic E-state index is -4.45. The van der Waals surface area contributed by atoms with E-state index in [1.807, 2.05) is 18.2 Å². The van der Waals surface area contributed by atoms with Crippen molar-refractivity contribution in [2.24, 2.45) is 5.41 Å². The predicted octanol–water partition coefficient (Wildman–Crippen LogP) is 7.76. The number of piperazine rings is 1. The summed E-state index contributed by atoms with van der Waals surface area (Å²) in [5.74, 6) is -1.23. The number of aryl methyl sites for hydroxylation is 1. The van der Waals surface area contributed by atoms with Crippen LogP contribution in [0, 0.1) is 18.2 Å². The van der Waals surface area contributed by atoms with E-state index in [1.54, 1.807) is 24.4 Å². The Bertz CT molecular complexity index is 2280. The molecule has 270 valence electrons. The summed E-state index contributed by atoms with van der Waals surface area (Å²) >= 11 is 6.21. The molecule has 1 aliphatic carbocycles. The fourth-order valence-electron chi connectivity index (χ4n) is 6.90. The van der Waals surface area contributed by atoms with Gasteiger partial charge in [-0.25, -0.2) is 27.5 Å². The number of benzene rings is 2. The molecule has 5 aromatic rings. The van der Waals surface area contributed by atoms with Crippen molar-refractivity contribution in [2.75, 3.05) is 37.6 Å². The van der Waals surface area contributed by atoms with E-state index in [0.717, 1.165) is 80.2 Å². The molecule has 0 bridgehead atoms. The molecule has 2 aliphatic rings. The largest absolute Gasteiger partial charge is 0.454 e. The van der Waals surface area contributed by atoms with Crippen LogP contribution in [0.2, 0.25) is 5.02 Å². The number of carbonyl (C=O) groups is 1. The monoisotopic (exact) mass is 742 g/mol. The fourth-order valence-corrected chi connectivity index (χ4v) is 8.09. The molecule has 0 saturated carbocycles. The van der Waals surface area contributed by atoms with E-state index >= 15 is 0 Å². The van der Waals surface area contributed by atoms with Gasteiger partial charge in [-0.1, -0.05) is 43.2 Å². The predicted molar refractivity (Wildman–Crippen MR) is 201 cm³/mol. The van der Waals surface area contributed by atoms with E-state index in [2.05, 4.69) is 55.5 Å². The second-order valence-electron chi connectivity index (χ2n) is 14.2. The fraction of sp³-hybridized carbons (Fsp3) is 0.308. The zero-order valence-corrected chi connectivity index (χ0v) is 30.8. The molecule has 1 fully saturated rings. The lowest BCUT2D eigenvalue weighted by molar-refractivity contribution is 0.0976. The number of pyridine rings is 2. The molecule has 0 spiro atoms. The second-order valence-corrected chi connectivity index (χ2v) is 16.3. The highest BCUT2D eigenvalue weighted by Gasteiger charge is 2.30. The first-order chi connectivity index (χ1) is 24.8. The number of rotatable bonds is 9. The number of hydrogen-bond donors (Lipinski definition) is 2. The number of H-pyrrole nitrogens is 1. The number of halogens is 2. The Morgan fingerprint density at radius 2 is 1.81 bits per heavy atom. The van der Waals surface area contributed by atoms with Crippen LogP contribution in [0.1, 0.15) is 54.9 Å². The zero-order chi connectivity index (χ0) is 36.6. The number of allylic oxidation sites excluding steroid dienone is 1. The van der Waals surface area contributed by atoms with Gasteiger partial charge in [0.15, 0.2) is 0 Å². The lowest BCUT2D eigenvalue weighted by Crippen LogP contribution is -2.47.